The Bertz CT molecular complexity index is 800. The van der Waals surface area contributed by atoms with E-state index in [-0.39, 0.29) is 0 Å². The second-order valence-corrected chi connectivity index (χ2v) is 6.90. The van der Waals surface area contributed by atoms with Crippen LogP contribution < -0.4 is 11.1 Å². The number of nitrogens with two attached hydrogens (primary N) is 1. The maximum Gasteiger partial charge on any atom is 0.152 e. The van der Waals surface area contributed by atoms with Gasteiger partial charge in [0.15, 0.2) is 5.15 Å². The number of nitrogens with zero attached hydrogens (tertiary/aromatic N) is 2. The first kappa shape index (κ1) is 16.2. The summed E-state index contributed by atoms with van der Waals surface area (Å²) in [5.41, 5.74) is 9.49. The van der Waals surface area contributed by atoms with Gasteiger partial charge in [-0.1, -0.05) is 17.7 Å². The van der Waals surface area contributed by atoms with Gasteiger partial charge in [-0.15, -0.1) is 11.3 Å². The maximum absolute atomic E-state index is 12.7. The van der Waals surface area contributed by atoms with Crippen molar-refractivity contribution in [3.63, 3.8) is 0 Å². The molecule has 0 amide bonds. The molecule has 3 aromatic rings. The molecule has 3 rings (SSSR count). The summed E-state index contributed by atoms with van der Waals surface area (Å²) in [4.78, 5) is 1.24. The zero-order chi connectivity index (χ0) is 16.4. The SMILES string of the molecule is Cc1c(C[C@@H](N)CF)cc2c(NCc3cccs3)cc(Cl)nn12. The summed E-state index contributed by atoms with van der Waals surface area (Å²) < 4.78 is 14.5. The second-order valence-electron chi connectivity index (χ2n) is 5.48. The van der Waals surface area contributed by atoms with Gasteiger partial charge in [0, 0.05) is 29.2 Å². The van der Waals surface area contributed by atoms with E-state index in [1.165, 1.54) is 4.88 Å². The Kier molecular flexibility index (Phi) is 4.84. The van der Waals surface area contributed by atoms with Gasteiger partial charge in [0.25, 0.3) is 0 Å². The Balaban J connectivity index is 1.95. The molecule has 0 aliphatic heterocycles. The molecule has 0 aromatic carbocycles. The molecule has 4 nitrogen and oxygen atoms in total. The van der Waals surface area contributed by atoms with Gasteiger partial charge >= 0.3 is 0 Å². The molecule has 0 fully saturated rings. The molecule has 0 aliphatic carbocycles. The van der Waals surface area contributed by atoms with Crippen LogP contribution in [0.25, 0.3) is 5.52 Å². The van der Waals surface area contributed by atoms with Gasteiger partial charge in [0.05, 0.1) is 11.2 Å². The van der Waals surface area contributed by atoms with E-state index >= 15 is 0 Å². The van der Waals surface area contributed by atoms with Crippen LogP contribution in [0.3, 0.4) is 0 Å². The predicted octanol–water partition coefficient (Wildman–Crippen LogP) is 3.81. The summed E-state index contributed by atoms with van der Waals surface area (Å²) in [6, 6.07) is 7.42. The fraction of sp³-hybridized carbons (Fsp3) is 0.312. The molecule has 3 aromatic heterocycles. The van der Waals surface area contributed by atoms with Crippen molar-refractivity contribution in [2.75, 3.05) is 12.0 Å². The second kappa shape index (κ2) is 6.86. The number of aryl methyl sites for hydroxylation is 1. The summed E-state index contributed by atoms with van der Waals surface area (Å²) in [6.07, 6.45) is 0.480. The van der Waals surface area contributed by atoms with Crippen LogP contribution in [0.15, 0.2) is 29.6 Å². The van der Waals surface area contributed by atoms with E-state index in [1.54, 1.807) is 15.9 Å². The zero-order valence-electron chi connectivity index (χ0n) is 12.7. The molecular weight excluding hydrogens is 335 g/mol. The average Bonchev–Trinajstić information content (AvgIpc) is 3.15. The van der Waals surface area contributed by atoms with Gasteiger partial charge in [-0.05, 0) is 36.4 Å². The number of aromatic nitrogens is 2. The number of anilines is 1. The van der Waals surface area contributed by atoms with Crippen molar-refractivity contribution in [3.8, 4) is 0 Å². The average molecular weight is 353 g/mol. The number of fused-ring (bicyclic) bond motifs is 1. The first-order chi connectivity index (χ1) is 11.1. The lowest BCUT2D eigenvalue weighted by Gasteiger charge is -2.08. The minimum absolute atomic E-state index is 0.409. The van der Waals surface area contributed by atoms with E-state index in [0.717, 1.165) is 29.0 Å². The number of hydrogen-bond acceptors (Lipinski definition) is 4. The topological polar surface area (TPSA) is 55.3 Å². The highest BCUT2D eigenvalue weighted by atomic mass is 35.5. The number of rotatable bonds is 6. The molecule has 7 heteroatoms. The van der Waals surface area contributed by atoms with Crippen LogP contribution in [0.5, 0.6) is 0 Å². The van der Waals surface area contributed by atoms with Crippen LogP contribution in [0.4, 0.5) is 10.1 Å². The van der Waals surface area contributed by atoms with Gasteiger partial charge in [-0.2, -0.15) is 5.10 Å². The summed E-state index contributed by atoms with van der Waals surface area (Å²) >= 11 is 7.84. The van der Waals surface area contributed by atoms with E-state index in [4.69, 9.17) is 17.3 Å². The first-order valence-electron chi connectivity index (χ1n) is 7.34. The van der Waals surface area contributed by atoms with Crippen LogP contribution in [-0.4, -0.2) is 22.3 Å². The van der Waals surface area contributed by atoms with E-state index in [9.17, 15) is 4.39 Å². The van der Waals surface area contributed by atoms with E-state index in [0.29, 0.717) is 11.6 Å². The van der Waals surface area contributed by atoms with E-state index in [2.05, 4.69) is 16.5 Å². The van der Waals surface area contributed by atoms with Crippen LogP contribution >= 0.6 is 22.9 Å². The molecule has 122 valence electrons. The van der Waals surface area contributed by atoms with Crippen LogP contribution in [0, 0.1) is 6.92 Å². The van der Waals surface area contributed by atoms with Crippen molar-refractivity contribution < 1.29 is 4.39 Å². The third-order valence-electron chi connectivity index (χ3n) is 3.77. The van der Waals surface area contributed by atoms with Gasteiger partial charge in [0.1, 0.15) is 6.67 Å². The Morgan fingerprint density at radius 3 is 3.00 bits per heavy atom. The van der Waals surface area contributed by atoms with Crippen molar-refractivity contribution >= 4 is 34.1 Å². The Hall–Kier alpha value is -1.63. The predicted molar refractivity (Wildman–Crippen MR) is 94.2 cm³/mol. The van der Waals surface area contributed by atoms with Crippen molar-refractivity contribution in [2.24, 2.45) is 5.73 Å². The quantitative estimate of drug-likeness (QED) is 0.709. The van der Waals surface area contributed by atoms with Gasteiger partial charge in [-0.3, -0.25) is 0 Å². The molecule has 0 saturated heterocycles. The number of alkyl halides is 1. The molecular formula is C16H18ClFN4S. The molecule has 0 saturated carbocycles. The summed E-state index contributed by atoms with van der Waals surface area (Å²) in [5.74, 6) is 0. The zero-order valence-corrected chi connectivity index (χ0v) is 14.3. The summed E-state index contributed by atoms with van der Waals surface area (Å²) in [7, 11) is 0. The molecule has 0 aliphatic rings. The van der Waals surface area contributed by atoms with Crippen molar-refractivity contribution in [3.05, 3.63) is 50.9 Å². The first-order valence-corrected chi connectivity index (χ1v) is 8.60. The Morgan fingerprint density at radius 2 is 2.30 bits per heavy atom. The van der Waals surface area contributed by atoms with Crippen LogP contribution in [-0.2, 0) is 13.0 Å². The monoisotopic (exact) mass is 352 g/mol. The lowest BCUT2D eigenvalue weighted by Crippen LogP contribution is -2.25. The van der Waals surface area contributed by atoms with Crippen molar-refractivity contribution in [1.82, 2.24) is 9.61 Å². The molecule has 1 atom stereocenters. The van der Waals surface area contributed by atoms with Crippen LogP contribution in [0.1, 0.15) is 16.1 Å². The highest BCUT2D eigenvalue weighted by Crippen LogP contribution is 2.26. The van der Waals surface area contributed by atoms with Gasteiger partial charge < -0.3 is 11.1 Å². The van der Waals surface area contributed by atoms with E-state index < -0.39 is 12.7 Å². The Labute approximate surface area is 143 Å². The Morgan fingerprint density at radius 1 is 1.48 bits per heavy atom. The fourth-order valence-corrected chi connectivity index (χ4v) is 3.40. The molecule has 0 radical (unpaired) electrons. The lowest BCUT2D eigenvalue weighted by molar-refractivity contribution is 0.426. The minimum Gasteiger partial charge on any atom is -0.378 e. The normalized spacial score (nSPS) is 12.7. The molecule has 3 N–H and O–H groups in total. The van der Waals surface area contributed by atoms with Gasteiger partial charge in [0.2, 0.25) is 0 Å². The van der Waals surface area contributed by atoms with E-state index in [1.807, 2.05) is 30.5 Å². The van der Waals surface area contributed by atoms with Crippen molar-refractivity contribution in [1.29, 1.82) is 0 Å². The number of halogens is 2. The number of hydrogen-bond donors (Lipinski definition) is 2. The van der Waals surface area contributed by atoms with Gasteiger partial charge in [-0.25, -0.2) is 8.91 Å². The molecule has 0 spiro atoms. The smallest absolute Gasteiger partial charge is 0.152 e. The molecule has 3 heterocycles. The highest BCUT2D eigenvalue weighted by molar-refractivity contribution is 7.09. The molecule has 23 heavy (non-hydrogen) atoms. The highest BCUT2D eigenvalue weighted by Gasteiger charge is 2.14. The van der Waals surface area contributed by atoms with Crippen molar-refractivity contribution in [2.45, 2.75) is 25.9 Å². The third-order valence-corrected chi connectivity index (χ3v) is 4.83. The summed E-state index contributed by atoms with van der Waals surface area (Å²) in [6.45, 7) is 2.13. The molecule has 0 bridgehead atoms. The fourth-order valence-electron chi connectivity index (χ4n) is 2.57. The largest absolute Gasteiger partial charge is 0.378 e. The lowest BCUT2D eigenvalue weighted by atomic mass is 10.1. The number of thiophene rings is 1. The number of nitrogens with one attached hydrogen (secondary N) is 1. The standard InChI is InChI=1S/C16H18ClFN4S/c1-10-11(5-12(19)8-18)6-15-14(7-16(17)21-22(10)15)20-9-13-3-2-4-23-13/h2-4,6-7,12,20H,5,8-9,19H2,1H3/t12-/m1/s1. The summed E-state index contributed by atoms with van der Waals surface area (Å²) in [5, 5.41) is 10.2. The van der Waals surface area contributed by atoms with Crippen LogP contribution in [0.2, 0.25) is 5.15 Å². The third kappa shape index (κ3) is 3.49. The molecule has 0 unspecified atom stereocenters. The maximum atomic E-state index is 12.7. The minimum atomic E-state index is -0.538.